The van der Waals surface area contributed by atoms with Crippen LogP contribution in [-0.4, -0.2) is 5.11 Å². The van der Waals surface area contributed by atoms with Crippen LogP contribution in [0.15, 0.2) is 60.1 Å². The molecule has 2 N–H and O–H groups in total. The number of quaternary nitrogens is 1. The zero-order chi connectivity index (χ0) is 18.6. The summed E-state index contributed by atoms with van der Waals surface area (Å²) in [5, 5.41) is 25.6. The van der Waals surface area contributed by atoms with Crippen molar-refractivity contribution in [2.75, 3.05) is 10.0 Å². The van der Waals surface area contributed by atoms with Crippen molar-refractivity contribution < 1.29 is 23.6 Å². The van der Waals surface area contributed by atoms with E-state index >= 15 is 0 Å². The van der Waals surface area contributed by atoms with Gasteiger partial charge in [0.25, 0.3) is 5.88 Å². The number of nitrogens with zero attached hydrogens (tertiary/aromatic N) is 2. The minimum Gasteiger partial charge on any atom is -0.581 e. The summed E-state index contributed by atoms with van der Waals surface area (Å²) in [6, 6.07) is 11.6. The first-order valence-corrected chi connectivity index (χ1v) is 8.11. The Balaban J connectivity index is 1.77. The number of para-hydroxylation sites is 1. The molecule has 2 aromatic carbocycles. The second-order valence-electron chi connectivity index (χ2n) is 6.44. The number of aliphatic hydroxyl groups excluding tert-OH is 1. The highest BCUT2D eigenvalue weighted by molar-refractivity contribution is 5.63. The van der Waals surface area contributed by atoms with Crippen molar-refractivity contribution in [3.05, 3.63) is 76.4 Å². The van der Waals surface area contributed by atoms with Crippen LogP contribution in [0.1, 0.15) is 18.1 Å². The summed E-state index contributed by atoms with van der Waals surface area (Å²) >= 11 is 0. The van der Waals surface area contributed by atoms with Crippen molar-refractivity contribution in [1.29, 1.82) is 0 Å². The molecule has 136 valence electrons. The molecule has 26 heavy (non-hydrogen) atoms. The first kappa shape index (κ1) is 16.7. The maximum atomic E-state index is 13.0. The highest BCUT2D eigenvalue weighted by atomic mass is 19.4. The predicted octanol–water partition coefficient (Wildman–Crippen LogP) is 3.16. The molecule has 0 saturated carbocycles. The van der Waals surface area contributed by atoms with Gasteiger partial charge >= 0.3 is 6.18 Å². The first-order chi connectivity index (χ1) is 12.3. The standard InChI is InChI=1S/C18H16F3N3O2/c1-11-10-12-4-2-3-5-15(12)23-16(11)17(25)22(24(23)26)14-8-6-13(7-9-14)18(19,20)21/h2-9,11,24-25H,10H2,1H3. The van der Waals surface area contributed by atoms with Crippen LogP contribution in [-0.2, 0) is 12.6 Å². The Labute approximate surface area is 147 Å². The lowest BCUT2D eigenvalue weighted by molar-refractivity contribution is -0.854. The van der Waals surface area contributed by atoms with Gasteiger partial charge in [-0.1, -0.05) is 25.1 Å². The third-order valence-corrected chi connectivity index (χ3v) is 4.74. The molecule has 8 heteroatoms. The molecular weight excluding hydrogens is 347 g/mol. The third kappa shape index (κ3) is 2.41. The number of alkyl halides is 3. The number of halogens is 3. The van der Waals surface area contributed by atoms with Crippen LogP contribution in [0.5, 0.6) is 0 Å². The number of anilines is 2. The number of benzene rings is 2. The predicted molar refractivity (Wildman–Crippen MR) is 89.7 cm³/mol. The number of aliphatic hydroxyl groups is 1. The Morgan fingerprint density at radius 1 is 1.08 bits per heavy atom. The fraction of sp³-hybridized carbons (Fsp3) is 0.222. The molecule has 0 saturated heterocycles. The van der Waals surface area contributed by atoms with Gasteiger partial charge in [0.05, 0.1) is 5.56 Å². The maximum absolute atomic E-state index is 13.0. The molecule has 0 aromatic heterocycles. The number of hydrogen-bond donors (Lipinski definition) is 2. The van der Waals surface area contributed by atoms with E-state index in [-0.39, 0.29) is 17.5 Å². The van der Waals surface area contributed by atoms with Gasteiger partial charge in [-0.3, -0.25) is 0 Å². The summed E-state index contributed by atoms with van der Waals surface area (Å²) in [5.74, 6) is -0.343. The minimum atomic E-state index is -4.46. The molecule has 0 radical (unpaired) electrons. The van der Waals surface area contributed by atoms with E-state index < -0.39 is 17.0 Å². The van der Waals surface area contributed by atoms with Crippen LogP contribution in [0.2, 0.25) is 0 Å². The van der Waals surface area contributed by atoms with Crippen molar-refractivity contribution >= 4 is 11.4 Å². The topological polar surface area (TPSA) is 54.2 Å². The van der Waals surface area contributed by atoms with Crippen molar-refractivity contribution in [3.63, 3.8) is 0 Å². The van der Waals surface area contributed by atoms with E-state index in [0.717, 1.165) is 22.7 Å². The van der Waals surface area contributed by atoms with Gasteiger partial charge in [0.1, 0.15) is 17.1 Å². The van der Waals surface area contributed by atoms with Gasteiger partial charge in [0.2, 0.25) is 0 Å². The Kier molecular flexibility index (Phi) is 3.64. The van der Waals surface area contributed by atoms with Crippen molar-refractivity contribution in [3.8, 4) is 0 Å². The van der Waals surface area contributed by atoms with Crippen molar-refractivity contribution in [2.45, 2.75) is 19.5 Å². The molecule has 2 atom stereocenters. The lowest BCUT2D eigenvalue weighted by Gasteiger charge is -2.38. The normalized spacial score (nSPS) is 22.5. The van der Waals surface area contributed by atoms with Gasteiger partial charge < -0.3 is 10.3 Å². The zero-order valence-electron chi connectivity index (χ0n) is 13.8. The van der Waals surface area contributed by atoms with Gasteiger partial charge in [-0.25, -0.2) is 0 Å². The van der Waals surface area contributed by atoms with E-state index in [1.54, 1.807) is 12.1 Å². The van der Waals surface area contributed by atoms with Gasteiger partial charge in [0, 0.05) is 5.92 Å². The summed E-state index contributed by atoms with van der Waals surface area (Å²) < 4.78 is 38.3. The molecule has 5 nitrogen and oxygen atoms in total. The number of fused-ring (bicyclic) bond motifs is 3. The average molecular weight is 363 g/mol. The third-order valence-electron chi connectivity index (χ3n) is 4.74. The Morgan fingerprint density at radius 2 is 1.73 bits per heavy atom. The Hall–Kier alpha value is -2.71. The van der Waals surface area contributed by atoms with Crippen molar-refractivity contribution in [1.82, 2.24) is 0 Å². The van der Waals surface area contributed by atoms with Gasteiger partial charge in [-0.15, -0.1) is 5.01 Å². The first-order valence-electron chi connectivity index (χ1n) is 8.11. The second-order valence-corrected chi connectivity index (χ2v) is 6.44. The van der Waals surface area contributed by atoms with E-state index in [9.17, 15) is 23.5 Å². The molecular formula is C18H16F3N3O2. The zero-order valence-corrected chi connectivity index (χ0v) is 13.8. The van der Waals surface area contributed by atoms with Gasteiger partial charge in [-0.2, -0.15) is 23.5 Å². The van der Waals surface area contributed by atoms with E-state index in [1.165, 1.54) is 17.1 Å². The highest BCUT2D eigenvalue weighted by Crippen LogP contribution is 2.38. The largest absolute Gasteiger partial charge is 0.581 e. The summed E-state index contributed by atoms with van der Waals surface area (Å²) in [6.45, 7) is 1.90. The number of allylic oxidation sites excluding steroid dienone is 1. The van der Waals surface area contributed by atoms with Crippen LogP contribution in [0, 0.1) is 11.1 Å². The Morgan fingerprint density at radius 3 is 2.38 bits per heavy atom. The van der Waals surface area contributed by atoms with E-state index in [1.807, 2.05) is 19.1 Å². The molecule has 2 aliphatic rings. The van der Waals surface area contributed by atoms with Crippen LogP contribution in [0.3, 0.4) is 0 Å². The van der Waals surface area contributed by atoms with Crippen LogP contribution < -0.4 is 15.3 Å². The van der Waals surface area contributed by atoms with Crippen LogP contribution >= 0.6 is 0 Å². The SMILES string of the molecule is CC1Cc2ccccc2N2C1=C(O)N(c1ccc(C(F)(F)F)cc1)[NH+]2[O-]. The quantitative estimate of drug-likeness (QED) is 0.765. The molecule has 0 bridgehead atoms. The summed E-state index contributed by atoms with van der Waals surface area (Å²) in [5.41, 5.74) is 1.52. The molecule has 2 heterocycles. The summed E-state index contributed by atoms with van der Waals surface area (Å²) in [6.07, 6.45) is -3.79. The Bertz CT molecular complexity index is 880. The van der Waals surface area contributed by atoms with E-state index in [4.69, 9.17) is 0 Å². The average Bonchev–Trinajstić information content (AvgIpc) is 2.86. The molecule has 0 spiro atoms. The lowest BCUT2D eigenvalue weighted by atomic mass is 9.92. The molecule has 0 fully saturated rings. The van der Waals surface area contributed by atoms with Gasteiger partial charge in [-0.05, 0) is 42.3 Å². The van der Waals surface area contributed by atoms with Crippen LogP contribution in [0.25, 0.3) is 0 Å². The second kappa shape index (κ2) is 5.65. The fourth-order valence-electron chi connectivity index (χ4n) is 3.54. The van der Waals surface area contributed by atoms with Crippen LogP contribution in [0.4, 0.5) is 24.5 Å². The van der Waals surface area contributed by atoms with E-state index in [0.29, 0.717) is 17.8 Å². The van der Waals surface area contributed by atoms with Gasteiger partial charge in [0.15, 0.2) is 0 Å². The number of rotatable bonds is 1. The fourth-order valence-corrected chi connectivity index (χ4v) is 3.54. The maximum Gasteiger partial charge on any atom is 0.416 e. The highest BCUT2D eigenvalue weighted by Gasteiger charge is 2.45. The number of nitrogens with one attached hydrogen (secondary N) is 1. The minimum absolute atomic E-state index is 0.103. The molecule has 0 amide bonds. The molecule has 2 aromatic rings. The molecule has 4 rings (SSSR count). The monoisotopic (exact) mass is 363 g/mol. The molecule has 2 aliphatic heterocycles. The smallest absolute Gasteiger partial charge is 0.416 e. The van der Waals surface area contributed by atoms with E-state index in [2.05, 4.69) is 0 Å². The van der Waals surface area contributed by atoms with Crippen molar-refractivity contribution in [2.24, 2.45) is 5.92 Å². The summed E-state index contributed by atoms with van der Waals surface area (Å²) in [4.78, 5) is 0. The molecule has 2 unspecified atom stereocenters. The molecule has 0 aliphatic carbocycles. The lowest BCUT2D eigenvalue weighted by Crippen LogP contribution is -3.19. The number of hydrogen-bond acceptors (Lipinski definition) is 4. The summed E-state index contributed by atoms with van der Waals surface area (Å²) in [7, 11) is 0.